The van der Waals surface area contributed by atoms with Crippen molar-refractivity contribution >= 4 is 5.91 Å². The van der Waals surface area contributed by atoms with E-state index in [9.17, 15) is 4.79 Å². The minimum Gasteiger partial charge on any atom is -0.353 e. The topological polar surface area (TPSA) is 57.8 Å². The van der Waals surface area contributed by atoms with E-state index in [2.05, 4.69) is 53.6 Å². The lowest BCUT2D eigenvalue weighted by Crippen LogP contribution is -2.35. The molecule has 0 spiro atoms. The molecule has 0 fully saturated rings. The van der Waals surface area contributed by atoms with Crippen LogP contribution in [0.4, 0.5) is 0 Å². The molecule has 1 heterocycles. The van der Waals surface area contributed by atoms with E-state index in [0.717, 1.165) is 12.1 Å². The molecule has 1 amide bonds. The Balaban J connectivity index is 1.83. The van der Waals surface area contributed by atoms with Crippen LogP contribution in [0.25, 0.3) is 0 Å². The molecule has 0 saturated carbocycles. The van der Waals surface area contributed by atoms with Gasteiger partial charge in [-0.05, 0) is 36.5 Å². The molecule has 4 heteroatoms. The second kappa shape index (κ2) is 7.07. The number of rotatable bonds is 6. The zero-order valence-corrected chi connectivity index (χ0v) is 12.9. The number of carbonyl (C=O) groups is 1. The SMILES string of the molecule is CC(C)c1ccc(C[C@H](C)NC(=O)Cc2ccn[nH]2)cc1. The number of hydrogen-bond acceptors (Lipinski definition) is 2. The van der Waals surface area contributed by atoms with Gasteiger partial charge in [-0.3, -0.25) is 9.89 Å². The number of amides is 1. The van der Waals surface area contributed by atoms with E-state index >= 15 is 0 Å². The van der Waals surface area contributed by atoms with Crippen LogP contribution in [0.1, 0.15) is 43.5 Å². The molecule has 2 N–H and O–H groups in total. The molecule has 1 aromatic carbocycles. The third-order valence-electron chi connectivity index (χ3n) is 3.51. The van der Waals surface area contributed by atoms with Crippen LogP contribution in [-0.2, 0) is 17.6 Å². The van der Waals surface area contributed by atoms with Gasteiger partial charge < -0.3 is 5.32 Å². The molecule has 0 radical (unpaired) electrons. The van der Waals surface area contributed by atoms with Crippen molar-refractivity contribution in [1.29, 1.82) is 0 Å². The van der Waals surface area contributed by atoms with Gasteiger partial charge in [0, 0.05) is 17.9 Å². The zero-order valence-electron chi connectivity index (χ0n) is 12.9. The van der Waals surface area contributed by atoms with Gasteiger partial charge in [0.2, 0.25) is 5.91 Å². The summed E-state index contributed by atoms with van der Waals surface area (Å²) in [6.45, 7) is 6.40. The van der Waals surface area contributed by atoms with E-state index in [-0.39, 0.29) is 11.9 Å². The highest BCUT2D eigenvalue weighted by molar-refractivity contribution is 5.78. The molecule has 0 aliphatic carbocycles. The average Bonchev–Trinajstić information content (AvgIpc) is 2.91. The molecule has 0 aliphatic rings. The smallest absolute Gasteiger partial charge is 0.226 e. The van der Waals surface area contributed by atoms with Gasteiger partial charge in [-0.15, -0.1) is 0 Å². The van der Waals surface area contributed by atoms with Gasteiger partial charge in [0.25, 0.3) is 0 Å². The lowest BCUT2D eigenvalue weighted by molar-refractivity contribution is -0.121. The van der Waals surface area contributed by atoms with Gasteiger partial charge >= 0.3 is 0 Å². The number of benzene rings is 1. The summed E-state index contributed by atoms with van der Waals surface area (Å²) in [6.07, 6.45) is 2.84. The van der Waals surface area contributed by atoms with Crippen molar-refractivity contribution in [2.45, 2.75) is 45.6 Å². The van der Waals surface area contributed by atoms with Crippen LogP contribution in [0.5, 0.6) is 0 Å². The van der Waals surface area contributed by atoms with Crippen molar-refractivity contribution < 1.29 is 4.79 Å². The lowest BCUT2D eigenvalue weighted by atomic mass is 9.99. The maximum atomic E-state index is 11.9. The summed E-state index contributed by atoms with van der Waals surface area (Å²) in [5, 5.41) is 9.65. The summed E-state index contributed by atoms with van der Waals surface area (Å²) in [7, 11) is 0. The van der Waals surface area contributed by atoms with Gasteiger partial charge in [0.15, 0.2) is 0 Å². The fourth-order valence-corrected chi connectivity index (χ4v) is 2.33. The van der Waals surface area contributed by atoms with Gasteiger partial charge in [0.1, 0.15) is 0 Å². The minimum atomic E-state index is 0.0190. The third-order valence-corrected chi connectivity index (χ3v) is 3.51. The molecule has 0 unspecified atom stereocenters. The Hall–Kier alpha value is -2.10. The van der Waals surface area contributed by atoms with E-state index in [4.69, 9.17) is 0 Å². The molecular formula is C17H23N3O. The summed E-state index contributed by atoms with van der Waals surface area (Å²) < 4.78 is 0. The summed E-state index contributed by atoms with van der Waals surface area (Å²) >= 11 is 0. The van der Waals surface area contributed by atoms with Crippen molar-refractivity contribution in [3.05, 3.63) is 53.3 Å². The molecule has 1 atom stereocenters. The number of hydrogen-bond donors (Lipinski definition) is 2. The number of carbonyl (C=O) groups excluding carboxylic acids is 1. The second-order valence-corrected chi connectivity index (χ2v) is 5.83. The van der Waals surface area contributed by atoms with Crippen LogP contribution < -0.4 is 5.32 Å². The molecule has 112 valence electrons. The van der Waals surface area contributed by atoms with Gasteiger partial charge in [-0.25, -0.2) is 0 Å². The van der Waals surface area contributed by atoms with E-state index in [1.807, 2.05) is 13.0 Å². The summed E-state index contributed by atoms with van der Waals surface area (Å²) in [6, 6.07) is 10.6. The fraction of sp³-hybridized carbons (Fsp3) is 0.412. The Bertz CT molecular complexity index is 558. The first-order chi connectivity index (χ1) is 10.0. The Morgan fingerprint density at radius 1 is 1.19 bits per heavy atom. The molecule has 0 aliphatic heterocycles. The van der Waals surface area contributed by atoms with Crippen molar-refractivity contribution in [3.63, 3.8) is 0 Å². The maximum absolute atomic E-state index is 11.9. The third kappa shape index (κ3) is 4.74. The number of aromatic nitrogens is 2. The van der Waals surface area contributed by atoms with Crippen molar-refractivity contribution in [1.82, 2.24) is 15.5 Å². The normalized spacial score (nSPS) is 12.4. The maximum Gasteiger partial charge on any atom is 0.226 e. The Morgan fingerprint density at radius 3 is 2.48 bits per heavy atom. The largest absolute Gasteiger partial charge is 0.353 e. The summed E-state index contributed by atoms with van der Waals surface area (Å²) in [5.41, 5.74) is 3.42. The van der Waals surface area contributed by atoms with Crippen LogP contribution >= 0.6 is 0 Å². The quantitative estimate of drug-likeness (QED) is 0.857. The van der Waals surface area contributed by atoms with Crippen molar-refractivity contribution in [2.24, 2.45) is 0 Å². The Morgan fingerprint density at radius 2 is 1.90 bits per heavy atom. The predicted octanol–water partition coefficient (Wildman–Crippen LogP) is 2.82. The first kappa shape index (κ1) is 15.3. The second-order valence-electron chi connectivity index (χ2n) is 5.83. The van der Waals surface area contributed by atoms with Crippen molar-refractivity contribution in [3.8, 4) is 0 Å². The van der Waals surface area contributed by atoms with Crippen LogP contribution in [0, 0.1) is 0 Å². The van der Waals surface area contributed by atoms with Crippen LogP contribution in [0.15, 0.2) is 36.5 Å². The van der Waals surface area contributed by atoms with E-state index in [0.29, 0.717) is 12.3 Å². The summed E-state index contributed by atoms with van der Waals surface area (Å²) in [4.78, 5) is 11.9. The van der Waals surface area contributed by atoms with E-state index < -0.39 is 0 Å². The predicted molar refractivity (Wildman–Crippen MR) is 84.1 cm³/mol. The molecule has 0 bridgehead atoms. The van der Waals surface area contributed by atoms with Gasteiger partial charge in [0.05, 0.1) is 6.42 Å². The van der Waals surface area contributed by atoms with Gasteiger partial charge in [-0.2, -0.15) is 5.10 Å². The zero-order chi connectivity index (χ0) is 15.2. The standard InChI is InChI=1S/C17H23N3O/c1-12(2)15-6-4-14(5-7-15)10-13(3)19-17(21)11-16-8-9-18-20-16/h4-9,12-13H,10-11H2,1-3H3,(H,18,20)(H,19,21)/t13-/m0/s1. The number of nitrogens with one attached hydrogen (secondary N) is 2. The number of H-pyrrole nitrogens is 1. The molecule has 2 aromatic rings. The van der Waals surface area contributed by atoms with E-state index in [1.54, 1.807) is 6.20 Å². The molecule has 0 saturated heterocycles. The molecule has 1 aromatic heterocycles. The molecular weight excluding hydrogens is 262 g/mol. The number of aromatic amines is 1. The highest BCUT2D eigenvalue weighted by Crippen LogP contribution is 2.15. The van der Waals surface area contributed by atoms with Crippen LogP contribution in [-0.4, -0.2) is 22.1 Å². The highest BCUT2D eigenvalue weighted by atomic mass is 16.1. The lowest BCUT2D eigenvalue weighted by Gasteiger charge is -2.14. The fourth-order valence-electron chi connectivity index (χ4n) is 2.33. The molecule has 21 heavy (non-hydrogen) atoms. The van der Waals surface area contributed by atoms with Crippen molar-refractivity contribution in [2.75, 3.05) is 0 Å². The molecule has 4 nitrogen and oxygen atoms in total. The van der Waals surface area contributed by atoms with Gasteiger partial charge in [-0.1, -0.05) is 38.1 Å². The average molecular weight is 285 g/mol. The highest BCUT2D eigenvalue weighted by Gasteiger charge is 2.10. The van der Waals surface area contributed by atoms with E-state index in [1.165, 1.54) is 11.1 Å². The monoisotopic (exact) mass is 285 g/mol. The number of nitrogens with zero attached hydrogens (tertiary/aromatic N) is 1. The first-order valence-electron chi connectivity index (χ1n) is 7.41. The summed E-state index contributed by atoms with van der Waals surface area (Å²) in [5.74, 6) is 0.566. The first-order valence-corrected chi connectivity index (χ1v) is 7.41. The molecule has 2 rings (SSSR count). The minimum absolute atomic E-state index is 0.0190. The van der Waals surface area contributed by atoms with Crippen LogP contribution in [0.3, 0.4) is 0 Å². The van der Waals surface area contributed by atoms with Crippen LogP contribution in [0.2, 0.25) is 0 Å². The Kier molecular flexibility index (Phi) is 5.14. The Labute approximate surface area is 126 Å².